The van der Waals surface area contributed by atoms with Crippen molar-refractivity contribution in [2.75, 3.05) is 18.1 Å². The number of halogens is 2. The highest BCUT2D eigenvalue weighted by Gasteiger charge is 2.33. The number of nitrogens with zero attached hydrogens (tertiary/aromatic N) is 2. The van der Waals surface area contributed by atoms with Gasteiger partial charge in [-0.15, -0.1) is 0 Å². The van der Waals surface area contributed by atoms with E-state index in [9.17, 15) is 20.7 Å². The fourth-order valence-electron chi connectivity index (χ4n) is 5.10. The van der Waals surface area contributed by atoms with Crippen molar-refractivity contribution < 1.29 is 24.8 Å². The fraction of sp³-hybridized carbons (Fsp3) is 0.118. The minimum atomic E-state index is -0.508. The van der Waals surface area contributed by atoms with Crippen LogP contribution in [0.1, 0.15) is 41.0 Å². The van der Waals surface area contributed by atoms with Gasteiger partial charge in [-0.2, -0.15) is 10.5 Å². The molecule has 4 aromatic carbocycles. The molecule has 2 aliphatic rings. The third kappa shape index (κ3) is 7.39. The van der Waals surface area contributed by atoms with Gasteiger partial charge in [0.15, 0.2) is 0 Å². The summed E-state index contributed by atoms with van der Waals surface area (Å²) in [4.78, 5) is 0. The lowest BCUT2D eigenvalue weighted by atomic mass is 9.83. The van der Waals surface area contributed by atoms with Gasteiger partial charge in [0.2, 0.25) is 11.8 Å². The Bertz CT molecular complexity index is 1840. The molecule has 2 atom stereocenters. The molecule has 4 aromatic rings. The van der Waals surface area contributed by atoms with Crippen LogP contribution in [-0.2, 0) is 0 Å². The third-order valence-corrected chi connectivity index (χ3v) is 8.07. The lowest BCUT2D eigenvalue weighted by Crippen LogP contribution is -2.21. The number of allylic oxidation sites excluding steroid dienone is 2. The molecule has 0 bridgehead atoms. The van der Waals surface area contributed by atoms with Crippen molar-refractivity contribution in [3.8, 4) is 35.1 Å². The normalized spacial score (nSPS) is 16.0. The summed E-state index contributed by atoms with van der Waals surface area (Å²) in [5.41, 5.74) is 27.5. The number of rotatable bonds is 2. The van der Waals surface area contributed by atoms with Gasteiger partial charge < -0.3 is 47.7 Å². The summed E-state index contributed by atoms with van der Waals surface area (Å²) in [6.45, 7) is 1.93. The molecular formula is C34H30Br2N6O5. The second kappa shape index (κ2) is 14.8. The number of hydrogen-bond donors (Lipinski definition) is 7. The molecule has 13 heteroatoms. The van der Waals surface area contributed by atoms with Crippen molar-refractivity contribution in [3.05, 3.63) is 127 Å². The highest BCUT2D eigenvalue weighted by molar-refractivity contribution is 9.10. The van der Waals surface area contributed by atoms with Crippen molar-refractivity contribution >= 4 is 43.2 Å². The highest BCUT2D eigenvalue weighted by atomic mass is 79.9. The van der Waals surface area contributed by atoms with Crippen LogP contribution in [0.2, 0.25) is 0 Å². The predicted octanol–water partition coefficient (Wildman–Crippen LogP) is 5.91. The molecule has 0 aromatic heterocycles. The van der Waals surface area contributed by atoms with E-state index in [-0.39, 0.29) is 41.0 Å². The van der Waals surface area contributed by atoms with Crippen LogP contribution in [0.5, 0.6) is 23.0 Å². The minimum absolute atomic E-state index is 0.0185. The number of phenolic OH excluding ortho intramolecular Hbond substituents is 2. The van der Waals surface area contributed by atoms with Crippen LogP contribution in [0.4, 0.5) is 11.4 Å². The van der Waals surface area contributed by atoms with Crippen LogP contribution in [0.3, 0.4) is 0 Å². The number of benzene rings is 4. The zero-order chi connectivity index (χ0) is 34.4. The van der Waals surface area contributed by atoms with Gasteiger partial charge in [-0.05, 0) is 55.5 Å². The summed E-state index contributed by atoms with van der Waals surface area (Å²) < 4.78 is 12.6. The fourth-order valence-corrected chi connectivity index (χ4v) is 5.85. The van der Waals surface area contributed by atoms with E-state index < -0.39 is 11.8 Å². The molecule has 0 amide bonds. The van der Waals surface area contributed by atoms with E-state index >= 15 is 0 Å². The second-order valence-corrected chi connectivity index (χ2v) is 12.0. The minimum Gasteiger partial charge on any atom is -0.508 e. The molecule has 0 saturated carbocycles. The molecule has 2 aliphatic heterocycles. The molecule has 2 unspecified atom stereocenters. The average Bonchev–Trinajstić information content (AvgIpc) is 3.02. The van der Waals surface area contributed by atoms with E-state index in [1.165, 1.54) is 0 Å². The van der Waals surface area contributed by atoms with Gasteiger partial charge in [0, 0.05) is 61.3 Å². The lowest BCUT2D eigenvalue weighted by molar-refractivity contribution is 0.318. The van der Waals surface area contributed by atoms with E-state index in [1.54, 1.807) is 79.7 Å². The van der Waals surface area contributed by atoms with Crippen molar-refractivity contribution in [3.63, 3.8) is 0 Å². The molecule has 0 radical (unpaired) electrons. The maximum absolute atomic E-state index is 10.2. The number of nitriles is 2. The lowest BCUT2D eigenvalue weighted by Gasteiger charge is -2.27. The summed E-state index contributed by atoms with van der Waals surface area (Å²) in [6, 6.07) is 24.6. The van der Waals surface area contributed by atoms with Crippen LogP contribution in [0, 0.1) is 22.7 Å². The van der Waals surface area contributed by atoms with Gasteiger partial charge in [-0.3, -0.25) is 0 Å². The first-order valence-electron chi connectivity index (χ1n) is 14.0. The first-order chi connectivity index (χ1) is 22.4. The average molecular weight is 762 g/mol. The van der Waals surface area contributed by atoms with E-state index in [1.807, 2.05) is 0 Å². The monoisotopic (exact) mass is 760 g/mol. The first-order valence-corrected chi connectivity index (χ1v) is 15.5. The standard InChI is InChI=1S/2C16H12BrN3O2.C2H6O/c2*17-8-1-4-13(21)11(5-8)15-10-3-2-9(19)6-14(10)22-16(20)12(15)7-18;1-2-3/h2*1-6,15,21H,19-20H2;3H,2H2,1H3. The summed E-state index contributed by atoms with van der Waals surface area (Å²) in [7, 11) is 0. The zero-order valence-corrected chi connectivity index (χ0v) is 28.1. The van der Waals surface area contributed by atoms with Gasteiger partial charge in [0.25, 0.3) is 0 Å². The van der Waals surface area contributed by atoms with E-state index in [0.29, 0.717) is 34.0 Å². The number of hydrogen-bond acceptors (Lipinski definition) is 11. The Morgan fingerprint density at radius 1 is 0.638 bits per heavy atom. The van der Waals surface area contributed by atoms with Crippen LogP contribution in [-0.4, -0.2) is 21.9 Å². The van der Waals surface area contributed by atoms with Gasteiger partial charge in [0.1, 0.15) is 46.3 Å². The summed E-state index contributed by atoms with van der Waals surface area (Å²) >= 11 is 6.76. The Balaban J connectivity index is 0.000000197. The third-order valence-electron chi connectivity index (χ3n) is 7.09. The Hall–Kier alpha value is -5.34. The quantitative estimate of drug-likeness (QED) is 0.119. The van der Waals surface area contributed by atoms with Gasteiger partial charge in [-0.25, -0.2) is 0 Å². The Labute approximate surface area is 287 Å². The Morgan fingerprint density at radius 2 is 1.00 bits per heavy atom. The second-order valence-electron chi connectivity index (χ2n) is 10.2. The van der Waals surface area contributed by atoms with Gasteiger partial charge in [0.05, 0.1) is 11.8 Å². The molecule has 0 spiro atoms. The van der Waals surface area contributed by atoms with Gasteiger partial charge >= 0.3 is 0 Å². The highest BCUT2D eigenvalue weighted by Crippen LogP contribution is 2.47. The summed E-state index contributed by atoms with van der Waals surface area (Å²) in [6.07, 6.45) is 0. The van der Waals surface area contributed by atoms with Crippen molar-refractivity contribution in [2.24, 2.45) is 11.5 Å². The molecule has 6 rings (SSSR count). The van der Waals surface area contributed by atoms with E-state index in [2.05, 4.69) is 44.0 Å². The molecule has 240 valence electrons. The van der Waals surface area contributed by atoms with E-state index in [0.717, 1.165) is 20.1 Å². The smallest absolute Gasteiger partial charge is 0.205 e. The summed E-state index contributed by atoms with van der Waals surface area (Å²) in [5.74, 6) is 0.159. The molecule has 0 fully saturated rings. The number of anilines is 2. The first kappa shape index (κ1) is 34.5. The zero-order valence-electron chi connectivity index (χ0n) is 24.9. The largest absolute Gasteiger partial charge is 0.508 e. The summed E-state index contributed by atoms with van der Waals surface area (Å²) in [5, 5.41) is 46.9. The molecule has 11 N–H and O–H groups in total. The molecule has 47 heavy (non-hydrogen) atoms. The maximum Gasteiger partial charge on any atom is 0.205 e. The number of nitrogens with two attached hydrogens (primary N) is 4. The number of phenols is 2. The SMILES string of the molecule is CCO.N#CC1=C(N)Oc2cc(N)ccc2C1c1cc(Br)ccc1O.N#CC1=C(N)Oc2cc(N)ccc2C1c1cc(Br)ccc1O. The topological polar surface area (TPSA) is 231 Å². The van der Waals surface area contributed by atoms with Crippen molar-refractivity contribution in [1.82, 2.24) is 0 Å². The number of aromatic hydroxyl groups is 2. The molecule has 0 saturated heterocycles. The van der Waals surface area contributed by atoms with Crippen molar-refractivity contribution in [1.29, 1.82) is 10.5 Å². The molecule has 2 heterocycles. The Morgan fingerprint density at radius 3 is 1.34 bits per heavy atom. The van der Waals surface area contributed by atoms with Crippen molar-refractivity contribution in [2.45, 2.75) is 18.8 Å². The maximum atomic E-state index is 10.2. The molecule has 11 nitrogen and oxygen atoms in total. The van der Waals surface area contributed by atoms with Crippen LogP contribution in [0.25, 0.3) is 0 Å². The molecule has 0 aliphatic carbocycles. The van der Waals surface area contributed by atoms with Gasteiger partial charge in [-0.1, -0.05) is 44.0 Å². The number of nitrogen functional groups attached to an aromatic ring is 2. The number of ether oxygens (including phenoxy) is 2. The van der Waals surface area contributed by atoms with Crippen LogP contribution in [0.15, 0.2) is 105 Å². The number of fused-ring (bicyclic) bond motifs is 2. The Kier molecular flexibility index (Phi) is 10.9. The molecular weight excluding hydrogens is 732 g/mol. The van der Waals surface area contributed by atoms with Crippen LogP contribution >= 0.6 is 31.9 Å². The number of aliphatic hydroxyl groups excluding tert-OH is 1. The van der Waals surface area contributed by atoms with E-state index in [4.69, 9.17) is 37.5 Å². The number of aliphatic hydroxyl groups is 1. The predicted molar refractivity (Wildman–Crippen MR) is 185 cm³/mol. The van der Waals surface area contributed by atoms with Crippen LogP contribution < -0.4 is 32.4 Å².